The molecule has 1 atom stereocenters. The molecule has 5 rings (SSSR count). The number of fused-ring (bicyclic) bond motifs is 2. The van der Waals surface area contributed by atoms with Gasteiger partial charge in [-0.1, -0.05) is 30.3 Å². The minimum absolute atomic E-state index is 0.0131. The van der Waals surface area contributed by atoms with Crippen LogP contribution in [0, 0.1) is 0 Å². The minimum Gasteiger partial charge on any atom is -0.347 e. The summed E-state index contributed by atoms with van der Waals surface area (Å²) in [6, 6.07) is 11.8. The van der Waals surface area contributed by atoms with E-state index in [0.717, 1.165) is 55.1 Å². The maximum atomic E-state index is 13.3. The molecule has 30 heavy (non-hydrogen) atoms. The van der Waals surface area contributed by atoms with Gasteiger partial charge in [0.2, 0.25) is 5.95 Å². The smallest absolute Gasteiger partial charge is 0.271 e. The van der Waals surface area contributed by atoms with Crippen molar-refractivity contribution in [2.24, 2.45) is 0 Å². The highest BCUT2D eigenvalue weighted by Gasteiger charge is 2.45. The Kier molecular flexibility index (Phi) is 4.53. The Bertz CT molecular complexity index is 1070. The number of carbonyl (C=O) groups is 1. The normalized spacial score (nSPS) is 20.4. The second-order valence-electron chi connectivity index (χ2n) is 8.58. The van der Waals surface area contributed by atoms with E-state index < -0.39 is 0 Å². The molecule has 3 aromatic rings. The Hall–Kier alpha value is -3.22. The summed E-state index contributed by atoms with van der Waals surface area (Å²) in [5.41, 5.74) is 4.62. The van der Waals surface area contributed by atoms with Gasteiger partial charge < -0.3 is 9.80 Å². The van der Waals surface area contributed by atoms with Crippen LogP contribution in [0.25, 0.3) is 11.3 Å². The Morgan fingerprint density at radius 2 is 2.03 bits per heavy atom. The van der Waals surface area contributed by atoms with Gasteiger partial charge in [0.05, 0.1) is 11.4 Å². The number of nitrogens with zero attached hydrogens (tertiary/aromatic N) is 5. The van der Waals surface area contributed by atoms with Gasteiger partial charge >= 0.3 is 0 Å². The Morgan fingerprint density at radius 1 is 1.20 bits per heavy atom. The fourth-order valence-electron chi connectivity index (χ4n) is 4.81. The van der Waals surface area contributed by atoms with E-state index in [2.05, 4.69) is 15.2 Å². The van der Waals surface area contributed by atoms with Gasteiger partial charge in [0.15, 0.2) is 0 Å². The van der Waals surface area contributed by atoms with Crippen molar-refractivity contribution in [2.45, 2.75) is 31.1 Å². The topological polar surface area (TPSA) is 78.0 Å². The molecule has 3 heterocycles. The third-order valence-electron chi connectivity index (χ3n) is 6.37. The van der Waals surface area contributed by atoms with Gasteiger partial charge in [-0.05, 0) is 37.3 Å². The molecular formula is C23H26N6O. The maximum Gasteiger partial charge on any atom is 0.271 e. The minimum atomic E-state index is -0.0702. The average Bonchev–Trinajstić information content (AvgIpc) is 3.40. The second kappa shape index (κ2) is 7.23. The highest BCUT2D eigenvalue weighted by atomic mass is 16.2. The molecule has 1 saturated heterocycles. The first kappa shape index (κ1) is 18.8. The highest BCUT2D eigenvalue weighted by Crippen LogP contribution is 2.44. The van der Waals surface area contributed by atoms with Crippen LogP contribution in [-0.4, -0.2) is 58.2 Å². The molecule has 7 heteroatoms. The van der Waals surface area contributed by atoms with E-state index in [4.69, 9.17) is 4.98 Å². The Labute approximate surface area is 176 Å². The van der Waals surface area contributed by atoms with Gasteiger partial charge in [-0.15, -0.1) is 0 Å². The van der Waals surface area contributed by atoms with Crippen molar-refractivity contribution in [1.82, 2.24) is 25.1 Å². The average molecular weight is 403 g/mol. The molecular weight excluding hydrogens is 376 g/mol. The van der Waals surface area contributed by atoms with Crippen LogP contribution >= 0.6 is 0 Å². The van der Waals surface area contributed by atoms with Crippen LogP contribution in [-0.2, 0) is 11.8 Å². The van der Waals surface area contributed by atoms with E-state index in [1.807, 2.05) is 66.5 Å². The number of likely N-dealkylation sites (tertiary alicyclic amines) is 1. The summed E-state index contributed by atoms with van der Waals surface area (Å²) in [6.45, 7) is 1.46. The lowest BCUT2D eigenvalue weighted by atomic mass is 9.77. The summed E-state index contributed by atoms with van der Waals surface area (Å²) in [7, 11) is 3.92. The number of benzene rings is 1. The van der Waals surface area contributed by atoms with Gasteiger partial charge in [-0.2, -0.15) is 5.10 Å². The van der Waals surface area contributed by atoms with Crippen molar-refractivity contribution < 1.29 is 4.79 Å². The second-order valence-corrected chi connectivity index (χ2v) is 8.58. The first-order chi connectivity index (χ1) is 14.6. The summed E-state index contributed by atoms with van der Waals surface area (Å²) < 4.78 is 0. The molecule has 1 unspecified atom stereocenters. The van der Waals surface area contributed by atoms with Gasteiger partial charge in [-0.25, -0.2) is 9.97 Å². The van der Waals surface area contributed by atoms with Crippen LogP contribution in [0.4, 0.5) is 5.95 Å². The fraction of sp³-hybridized carbons (Fsp3) is 0.391. The summed E-state index contributed by atoms with van der Waals surface area (Å²) in [5, 5.41) is 7.31. The molecule has 7 nitrogen and oxygen atoms in total. The number of hydrogen-bond acceptors (Lipinski definition) is 5. The Morgan fingerprint density at radius 3 is 2.83 bits per heavy atom. The van der Waals surface area contributed by atoms with Crippen molar-refractivity contribution in [3.8, 4) is 11.3 Å². The molecule has 1 spiro atoms. The van der Waals surface area contributed by atoms with Crippen molar-refractivity contribution in [2.75, 3.05) is 32.1 Å². The number of carbonyl (C=O) groups excluding carboxylic acids is 1. The van der Waals surface area contributed by atoms with E-state index in [-0.39, 0.29) is 11.3 Å². The molecule has 0 radical (unpaired) electrons. The quantitative estimate of drug-likeness (QED) is 0.729. The first-order valence-corrected chi connectivity index (χ1v) is 10.5. The molecule has 2 aromatic heterocycles. The lowest BCUT2D eigenvalue weighted by Gasteiger charge is -2.40. The standard InChI is InChI=1S/C23H26N6O/c1-28(2)22-24-14-17-9-11-23(20(17)25-22)10-6-12-29(15-23)21(30)19-13-18(26-27-19)16-7-4-3-5-8-16/h3-5,7-8,13-14H,6,9-12,15H2,1-2H3,(H,26,27). The maximum absolute atomic E-state index is 13.3. The molecule has 154 valence electrons. The Balaban J connectivity index is 1.40. The largest absolute Gasteiger partial charge is 0.347 e. The molecule has 1 aliphatic heterocycles. The van der Waals surface area contributed by atoms with Crippen molar-refractivity contribution in [3.05, 3.63) is 59.5 Å². The molecule has 1 fully saturated rings. The van der Waals surface area contributed by atoms with Crippen molar-refractivity contribution in [1.29, 1.82) is 0 Å². The lowest BCUT2D eigenvalue weighted by Crippen LogP contribution is -2.48. The number of hydrogen-bond donors (Lipinski definition) is 1. The number of rotatable bonds is 3. The molecule has 0 saturated carbocycles. The third-order valence-corrected chi connectivity index (χ3v) is 6.37. The van der Waals surface area contributed by atoms with E-state index in [0.29, 0.717) is 12.2 Å². The van der Waals surface area contributed by atoms with E-state index >= 15 is 0 Å². The monoisotopic (exact) mass is 402 g/mol. The van der Waals surface area contributed by atoms with Gasteiger partial charge in [0, 0.05) is 44.4 Å². The SMILES string of the molecule is CN(C)c1ncc2c(n1)C1(CCCN(C(=O)c3cc(-c4ccccc4)n[nH]3)C1)CC2. The van der Waals surface area contributed by atoms with Crippen LogP contribution in [0.5, 0.6) is 0 Å². The molecule has 0 bridgehead atoms. The number of nitrogens with one attached hydrogen (secondary N) is 1. The molecule has 1 aliphatic carbocycles. The molecule has 1 aromatic carbocycles. The predicted octanol–water partition coefficient (Wildman–Crippen LogP) is 3.05. The zero-order valence-electron chi connectivity index (χ0n) is 17.4. The number of aryl methyl sites for hydroxylation is 1. The summed E-state index contributed by atoms with van der Waals surface area (Å²) >= 11 is 0. The molecule has 1 amide bonds. The number of H-pyrrole nitrogens is 1. The fourth-order valence-corrected chi connectivity index (χ4v) is 4.81. The van der Waals surface area contributed by atoms with Crippen LogP contribution in [0.2, 0.25) is 0 Å². The molecule has 2 aliphatic rings. The van der Waals surface area contributed by atoms with Crippen molar-refractivity contribution in [3.63, 3.8) is 0 Å². The van der Waals surface area contributed by atoms with Gasteiger partial charge in [-0.3, -0.25) is 9.89 Å². The van der Waals surface area contributed by atoms with Gasteiger partial charge in [0.25, 0.3) is 5.91 Å². The highest BCUT2D eigenvalue weighted by molar-refractivity contribution is 5.93. The van der Waals surface area contributed by atoms with Crippen LogP contribution in [0.3, 0.4) is 0 Å². The number of aromatic nitrogens is 4. The predicted molar refractivity (Wildman–Crippen MR) is 116 cm³/mol. The van der Waals surface area contributed by atoms with E-state index in [1.54, 1.807) is 0 Å². The summed E-state index contributed by atoms with van der Waals surface area (Å²) in [4.78, 5) is 26.6. The zero-order valence-corrected chi connectivity index (χ0v) is 17.4. The molecule has 1 N–H and O–H groups in total. The number of piperidine rings is 1. The van der Waals surface area contributed by atoms with Crippen LogP contribution < -0.4 is 4.90 Å². The van der Waals surface area contributed by atoms with Crippen LogP contribution in [0.1, 0.15) is 41.0 Å². The van der Waals surface area contributed by atoms with Gasteiger partial charge in [0.1, 0.15) is 5.69 Å². The summed E-state index contributed by atoms with van der Waals surface area (Å²) in [5.74, 6) is 0.749. The number of aromatic amines is 1. The van der Waals surface area contributed by atoms with E-state index in [1.165, 1.54) is 5.56 Å². The van der Waals surface area contributed by atoms with Crippen LogP contribution in [0.15, 0.2) is 42.6 Å². The van der Waals surface area contributed by atoms with E-state index in [9.17, 15) is 4.79 Å². The lowest BCUT2D eigenvalue weighted by molar-refractivity contribution is 0.0627. The third kappa shape index (κ3) is 3.14. The number of anilines is 1. The number of amides is 1. The van der Waals surface area contributed by atoms with Crippen molar-refractivity contribution >= 4 is 11.9 Å². The first-order valence-electron chi connectivity index (χ1n) is 10.5. The summed E-state index contributed by atoms with van der Waals surface area (Å²) in [6.07, 6.45) is 6.01. The zero-order chi connectivity index (χ0) is 20.7.